The van der Waals surface area contributed by atoms with Gasteiger partial charge in [-0.05, 0) is 6.42 Å². The van der Waals surface area contributed by atoms with Crippen LogP contribution in [0.25, 0.3) is 0 Å². The van der Waals surface area contributed by atoms with Gasteiger partial charge >= 0.3 is 0 Å². The van der Waals surface area contributed by atoms with Crippen LogP contribution in [0.5, 0.6) is 0 Å². The van der Waals surface area contributed by atoms with Crippen LogP contribution in [-0.2, 0) is 9.47 Å². The van der Waals surface area contributed by atoms with Crippen molar-refractivity contribution >= 4 is 7.85 Å². The highest BCUT2D eigenvalue weighted by Gasteiger charge is 2.41. The van der Waals surface area contributed by atoms with Crippen molar-refractivity contribution in [3.63, 3.8) is 0 Å². The molecule has 0 aliphatic carbocycles. The summed E-state index contributed by atoms with van der Waals surface area (Å²) >= 11 is 0. The van der Waals surface area contributed by atoms with Gasteiger partial charge in [-0.3, -0.25) is 0 Å². The summed E-state index contributed by atoms with van der Waals surface area (Å²) < 4.78 is 10.9. The second-order valence-electron chi connectivity index (χ2n) is 3.84. The highest BCUT2D eigenvalue weighted by atomic mass is 16.6. The van der Waals surface area contributed by atoms with Crippen LogP contribution in [0.3, 0.4) is 0 Å². The van der Waals surface area contributed by atoms with Gasteiger partial charge in [-0.15, -0.1) is 0 Å². The summed E-state index contributed by atoms with van der Waals surface area (Å²) in [6, 6.07) is -0.185. The van der Waals surface area contributed by atoms with E-state index in [4.69, 9.17) is 14.6 Å². The van der Waals surface area contributed by atoms with E-state index >= 15 is 0 Å². The van der Waals surface area contributed by atoms with Gasteiger partial charge in [0.25, 0.3) is 0 Å². The fourth-order valence-corrected chi connectivity index (χ4v) is 1.77. The van der Waals surface area contributed by atoms with Crippen LogP contribution in [-0.4, -0.2) is 55.6 Å². The standard InChI is InChI=1S/C11H19BO4/c1-2-3-4-5-6-15-10-9(14)8(7-13)16-11(10)12/h2-4,8-11,13-14H,1,5-7,12H2/b4-3+/t8-,9?,10?,11-/m1/s1. The van der Waals surface area contributed by atoms with E-state index in [0.717, 1.165) is 6.42 Å². The average molecular weight is 226 g/mol. The highest BCUT2D eigenvalue weighted by Crippen LogP contribution is 2.21. The fraction of sp³-hybridized carbons (Fsp3) is 0.636. The Hall–Kier alpha value is -0.615. The van der Waals surface area contributed by atoms with Crippen molar-refractivity contribution in [3.05, 3.63) is 24.8 Å². The largest absolute Gasteiger partial charge is 0.394 e. The first-order valence-corrected chi connectivity index (χ1v) is 5.54. The number of rotatable bonds is 6. The zero-order chi connectivity index (χ0) is 12.0. The van der Waals surface area contributed by atoms with Crippen LogP contribution in [0.4, 0.5) is 0 Å². The van der Waals surface area contributed by atoms with E-state index in [1.807, 2.05) is 20.0 Å². The summed E-state index contributed by atoms with van der Waals surface area (Å²) in [5, 5.41) is 18.7. The molecule has 5 heteroatoms. The van der Waals surface area contributed by atoms with Gasteiger partial charge in [0.1, 0.15) is 26.2 Å². The molecule has 4 atom stereocenters. The Bertz CT molecular complexity index is 244. The molecule has 0 bridgehead atoms. The lowest BCUT2D eigenvalue weighted by atomic mass is 9.93. The molecule has 1 fully saturated rings. The molecule has 0 aromatic heterocycles. The fourth-order valence-electron chi connectivity index (χ4n) is 1.77. The second-order valence-corrected chi connectivity index (χ2v) is 3.84. The summed E-state index contributed by atoms with van der Waals surface area (Å²) in [6.45, 7) is 3.91. The Balaban J connectivity index is 2.30. The minimum Gasteiger partial charge on any atom is -0.394 e. The predicted octanol–water partition coefficient (Wildman–Crippen LogP) is -0.785. The van der Waals surface area contributed by atoms with E-state index in [-0.39, 0.29) is 18.7 Å². The lowest BCUT2D eigenvalue weighted by Gasteiger charge is -2.18. The lowest BCUT2D eigenvalue weighted by molar-refractivity contribution is -0.0273. The summed E-state index contributed by atoms with van der Waals surface area (Å²) in [5.41, 5.74) is 0. The average Bonchev–Trinajstić information content (AvgIpc) is 2.55. The minimum absolute atomic E-state index is 0.179. The molecule has 16 heavy (non-hydrogen) atoms. The Morgan fingerprint density at radius 1 is 1.50 bits per heavy atom. The van der Waals surface area contributed by atoms with Crippen molar-refractivity contribution < 1.29 is 19.7 Å². The molecule has 0 aromatic rings. The molecule has 4 nitrogen and oxygen atoms in total. The first kappa shape index (κ1) is 13.4. The van der Waals surface area contributed by atoms with E-state index < -0.39 is 12.2 Å². The SMILES string of the molecule is B[C@@H]1O[C@H](CO)C(O)C1OCC/C=C/C=C. The summed E-state index contributed by atoms with van der Waals surface area (Å²) in [6.07, 6.45) is 4.65. The Labute approximate surface area is 97.0 Å². The Kier molecular flexibility index (Phi) is 5.77. The monoisotopic (exact) mass is 226 g/mol. The normalized spacial score (nSPS) is 34.6. The maximum atomic E-state index is 9.78. The van der Waals surface area contributed by atoms with E-state index in [9.17, 15) is 5.11 Å². The van der Waals surface area contributed by atoms with Crippen molar-refractivity contribution in [3.8, 4) is 0 Å². The highest BCUT2D eigenvalue weighted by molar-refractivity contribution is 6.11. The molecule has 0 radical (unpaired) electrons. The Morgan fingerprint density at radius 2 is 2.25 bits per heavy atom. The molecule has 1 saturated heterocycles. The van der Waals surface area contributed by atoms with E-state index in [1.54, 1.807) is 6.08 Å². The number of hydrogen-bond donors (Lipinski definition) is 2. The van der Waals surface area contributed by atoms with Gasteiger partial charge in [-0.25, -0.2) is 0 Å². The van der Waals surface area contributed by atoms with Crippen LogP contribution >= 0.6 is 0 Å². The van der Waals surface area contributed by atoms with Crippen LogP contribution in [0.15, 0.2) is 24.8 Å². The molecule has 2 unspecified atom stereocenters. The molecule has 0 saturated carbocycles. The predicted molar refractivity (Wildman–Crippen MR) is 64.0 cm³/mol. The van der Waals surface area contributed by atoms with Gasteiger partial charge < -0.3 is 19.7 Å². The van der Waals surface area contributed by atoms with Gasteiger partial charge in [-0.2, -0.15) is 0 Å². The van der Waals surface area contributed by atoms with Gasteiger partial charge in [-0.1, -0.05) is 24.8 Å². The maximum absolute atomic E-state index is 9.78. The van der Waals surface area contributed by atoms with Crippen LogP contribution in [0.2, 0.25) is 0 Å². The third-order valence-electron chi connectivity index (χ3n) is 2.62. The van der Waals surface area contributed by atoms with E-state index in [2.05, 4.69) is 6.58 Å². The lowest BCUT2D eigenvalue weighted by Crippen LogP contribution is -2.36. The maximum Gasteiger partial charge on any atom is 0.142 e. The molecule has 0 amide bonds. The third-order valence-corrected chi connectivity index (χ3v) is 2.62. The van der Waals surface area contributed by atoms with Crippen LogP contribution in [0, 0.1) is 0 Å². The molecular formula is C11H19BO4. The zero-order valence-electron chi connectivity index (χ0n) is 9.58. The summed E-state index contributed by atoms with van der Waals surface area (Å²) in [4.78, 5) is 0. The number of ether oxygens (including phenoxy) is 2. The van der Waals surface area contributed by atoms with Gasteiger partial charge in [0.05, 0.1) is 19.2 Å². The minimum atomic E-state index is -0.747. The smallest absolute Gasteiger partial charge is 0.142 e. The Morgan fingerprint density at radius 3 is 2.81 bits per heavy atom. The molecule has 1 heterocycles. The number of allylic oxidation sites excluding steroid dienone is 2. The van der Waals surface area contributed by atoms with E-state index in [1.165, 1.54) is 0 Å². The van der Waals surface area contributed by atoms with Gasteiger partial charge in [0.2, 0.25) is 0 Å². The van der Waals surface area contributed by atoms with Crippen molar-refractivity contribution in [2.75, 3.05) is 13.2 Å². The number of aliphatic hydroxyl groups is 2. The molecule has 2 N–H and O–H groups in total. The topological polar surface area (TPSA) is 58.9 Å². The van der Waals surface area contributed by atoms with Gasteiger partial charge in [0, 0.05) is 0 Å². The van der Waals surface area contributed by atoms with E-state index in [0.29, 0.717) is 6.61 Å². The van der Waals surface area contributed by atoms with Gasteiger partial charge in [0.15, 0.2) is 0 Å². The molecular weight excluding hydrogens is 207 g/mol. The molecule has 1 aliphatic rings. The quantitative estimate of drug-likeness (QED) is 0.354. The molecule has 0 spiro atoms. The molecule has 1 rings (SSSR count). The molecule has 90 valence electrons. The summed E-state index contributed by atoms with van der Waals surface area (Å²) in [7, 11) is 1.84. The molecule has 1 aliphatic heterocycles. The van der Waals surface area contributed by atoms with Crippen molar-refractivity contribution in [2.24, 2.45) is 0 Å². The molecule has 0 aromatic carbocycles. The number of hydrogen-bond acceptors (Lipinski definition) is 4. The summed E-state index contributed by atoms with van der Waals surface area (Å²) in [5.74, 6) is 0. The van der Waals surface area contributed by atoms with Crippen LogP contribution < -0.4 is 0 Å². The second kappa shape index (κ2) is 6.86. The number of aliphatic hydroxyl groups excluding tert-OH is 2. The first-order chi connectivity index (χ1) is 7.70. The third kappa shape index (κ3) is 3.45. The van der Waals surface area contributed by atoms with Crippen LogP contribution in [0.1, 0.15) is 6.42 Å². The van der Waals surface area contributed by atoms with Crippen molar-refractivity contribution in [1.82, 2.24) is 0 Å². The first-order valence-electron chi connectivity index (χ1n) is 5.54. The zero-order valence-corrected chi connectivity index (χ0v) is 9.58. The van der Waals surface area contributed by atoms with Crippen molar-refractivity contribution in [2.45, 2.75) is 30.7 Å². The van der Waals surface area contributed by atoms with Crippen molar-refractivity contribution in [1.29, 1.82) is 0 Å².